The molecule has 232 valence electrons. The highest BCUT2D eigenvalue weighted by molar-refractivity contribution is 7.07. The molecule has 0 aliphatic carbocycles. The van der Waals surface area contributed by atoms with Crippen molar-refractivity contribution in [3.63, 3.8) is 0 Å². The first-order valence-electron chi connectivity index (χ1n) is 14.9. The summed E-state index contributed by atoms with van der Waals surface area (Å²) < 4.78 is 19.2. The van der Waals surface area contributed by atoms with Crippen LogP contribution in [0, 0.1) is 0 Å². The number of halogens is 1. The molecular weight excluding hydrogens is 620 g/mol. The lowest BCUT2D eigenvalue weighted by Gasteiger charge is -2.26. The topological polar surface area (TPSA) is 79.1 Å². The van der Waals surface area contributed by atoms with Gasteiger partial charge in [0.2, 0.25) is 0 Å². The molecule has 0 saturated heterocycles. The van der Waals surface area contributed by atoms with Crippen molar-refractivity contribution in [3.8, 4) is 11.5 Å². The van der Waals surface area contributed by atoms with Crippen molar-refractivity contribution in [2.24, 2.45) is 4.99 Å². The Hall–Kier alpha value is -4.92. The van der Waals surface area contributed by atoms with Crippen LogP contribution in [0.2, 0.25) is 5.02 Å². The maximum Gasteiger partial charge on any atom is 0.338 e. The van der Waals surface area contributed by atoms with Crippen molar-refractivity contribution in [1.29, 1.82) is 0 Å². The second kappa shape index (κ2) is 14.0. The first-order chi connectivity index (χ1) is 22.4. The van der Waals surface area contributed by atoms with Crippen LogP contribution < -0.4 is 24.4 Å². The smallest absolute Gasteiger partial charge is 0.338 e. The number of carbonyl (C=O) groups excluding carboxylic acids is 1. The highest BCUT2D eigenvalue weighted by atomic mass is 35.5. The molecule has 0 fully saturated rings. The number of fused-ring (bicyclic) bond motifs is 1. The molecule has 5 aromatic rings. The van der Waals surface area contributed by atoms with E-state index in [9.17, 15) is 9.59 Å². The van der Waals surface area contributed by atoms with Gasteiger partial charge < -0.3 is 14.2 Å². The van der Waals surface area contributed by atoms with Gasteiger partial charge in [-0.05, 0) is 73.0 Å². The summed E-state index contributed by atoms with van der Waals surface area (Å²) in [5, 5.41) is 0.678. The maximum atomic E-state index is 14.1. The van der Waals surface area contributed by atoms with Crippen LogP contribution in [-0.2, 0) is 16.1 Å². The van der Waals surface area contributed by atoms with Crippen LogP contribution in [0.15, 0.2) is 118 Å². The van der Waals surface area contributed by atoms with Crippen LogP contribution in [0.1, 0.15) is 42.1 Å². The Balaban J connectivity index is 1.42. The quantitative estimate of drug-likeness (QED) is 0.160. The number of esters is 1. The molecule has 7 nitrogen and oxygen atoms in total. The zero-order valence-corrected chi connectivity index (χ0v) is 26.9. The highest BCUT2D eigenvalue weighted by Gasteiger charge is 2.35. The Morgan fingerprint density at radius 1 is 0.870 bits per heavy atom. The van der Waals surface area contributed by atoms with E-state index in [0.29, 0.717) is 50.3 Å². The monoisotopic (exact) mass is 650 g/mol. The summed E-state index contributed by atoms with van der Waals surface area (Å²) in [5.41, 5.74) is 3.87. The van der Waals surface area contributed by atoms with Crippen molar-refractivity contribution in [2.45, 2.75) is 26.5 Å². The second-order valence-corrected chi connectivity index (χ2v) is 11.9. The number of aromatic nitrogens is 1. The van der Waals surface area contributed by atoms with E-state index in [2.05, 4.69) is 0 Å². The first-order valence-corrected chi connectivity index (χ1v) is 16.1. The lowest BCUT2D eigenvalue weighted by molar-refractivity contribution is -0.138. The number of carbonyl (C=O) groups is 1. The van der Waals surface area contributed by atoms with Crippen LogP contribution in [0.4, 0.5) is 0 Å². The predicted molar refractivity (Wildman–Crippen MR) is 181 cm³/mol. The van der Waals surface area contributed by atoms with E-state index in [1.165, 1.54) is 11.3 Å². The van der Waals surface area contributed by atoms with Crippen molar-refractivity contribution < 1.29 is 19.0 Å². The molecule has 1 aromatic heterocycles. The third-order valence-electron chi connectivity index (χ3n) is 7.38. The number of rotatable bonds is 10. The Morgan fingerprint density at radius 3 is 2.22 bits per heavy atom. The zero-order valence-electron chi connectivity index (χ0n) is 25.3. The van der Waals surface area contributed by atoms with Crippen LogP contribution in [0.5, 0.6) is 11.5 Å². The van der Waals surface area contributed by atoms with Gasteiger partial charge in [0.15, 0.2) is 4.80 Å². The van der Waals surface area contributed by atoms with E-state index in [1.807, 2.05) is 116 Å². The van der Waals surface area contributed by atoms with Crippen molar-refractivity contribution >= 4 is 40.7 Å². The average molecular weight is 651 g/mol. The molecule has 6 rings (SSSR count). The van der Waals surface area contributed by atoms with Gasteiger partial charge in [0, 0.05) is 10.6 Å². The molecule has 2 heterocycles. The van der Waals surface area contributed by atoms with Crippen molar-refractivity contribution in [3.05, 3.63) is 156 Å². The Morgan fingerprint density at radius 2 is 1.54 bits per heavy atom. The summed E-state index contributed by atoms with van der Waals surface area (Å²) in [6, 6.07) is 31.2. The SMILES string of the molecule is CCOC(=O)C1=C(c2ccccc2)N=c2s/c(=C\c3ccc(OCc4ccc(Cl)cc4)cc3)c(=O)n2[C@H]1c1ccc(OCC)cc1. The Labute approximate surface area is 275 Å². The number of nitrogens with zero attached hydrogens (tertiary/aromatic N) is 2. The van der Waals surface area contributed by atoms with E-state index >= 15 is 0 Å². The van der Waals surface area contributed by atoms with Crippen LogP contribution in [0.25, 0.3) is 11.8 Å². The molecular formula is C37H31ClN2O5S. The fraction of sp³-hybridized carbons (Fsp3) is 0.162. The number of hydrogen-bond acceptors (Lipinski definition) is 7. The van der Waals surface area contributed by atoms with E-state index in [0.717, 1.165) is 22.3 Å². The molecule has 0 N–H and O–H groups in total. The van der Waals surface area contributed by atoms with Gasteiger partial charge in [-0.1, -0.05) is 89.7 Å². The second-order valence-electron chi connectivity index (χ2n) is 10.4. The van der Waals surface area contributed by atoms with Gasteiger partial charge in [-0.2, -0.15) is 0 Å². The molecule has 0 radical (unpaired) electrons. The summed E-state index contributed by atoms with van der Waals surface area (Å²) >= 11 is 7.26. The maximum absolute atomic E-state index is 14.1. The standard InChI is InChI=1S/C37H31ClN2O5S/c1-3-43-29-20-14-27(15-21-29)34-32(36(42)44-4-2)33(26-8-6-5-7-9-26)39-37-40(34)35(41)31(46-37)22-24-12-18-30(19-13-24)45-23-25-10-16-28(38)17-11-25/h5-22,34H,3-4,23H2,1-2H3/b31-22-/t34-/m0/s1. The normalized spacial score (nSPS) is 14.4. The van der Waals surface area contributed by atoms with Crippen LogP contribution >= 0.6 is 22.9 Å². The van der Waals surface area contributed by atoms with E-state index < -0.39 is 12.0 Å². The van der Waals surface area contributed by atoms with Gasteiger partial charge in [-0.3, -0.25) is 9.36 Å². The van der Waals surface area contributed by atoms with E-state index in [-0.39, 0.29) is 12.2 Å². The lowest BCUT2D eigenvalue weighted by atomic mass is 9.93. The fourth-order valence-corrected chi connectivity index (χ4v) is 6.35. The zero-order chi connectivity index (χ0) is 32.0. The first kappa shape index (κ1) is 31.1. The van der Waals surface area contributed by atoms with E-state index in [4.69, 9.17) is 30.8 Å². The summed E-state index contributed by atoms with van der Waals surface area (Å²) in [4.78, 5) is 33.2. The number of benzene rings is 4. The third-order valence-corrected chi connectivity index (χ3v) is 8.61. The highest BCUT2D eigenvalue weighted by Crippen LogP contribution is 2.35. The van der Waals surface area contributed by atoms with Crippen molar-refractivity contribution in [1.82, 2.24) is 4.57 Å². The molecule has 9 heteroatoms. The minimum absolute atomic E-state index is 0.185. The number of thiazole rings is 1. The largest absolute Gasteiger partial charge is 0.494 e. The van der Waals surface area contributed by atoms with Gasteiger partial charge in [-0.15, -0.1) is 0 Å². The number of hydrogen-bond donors (Lipinski definition) is 0. The molecule has 0 spiro atoms. The molecule has 46 heavy (non-hydrogen) atoms. The van der Waals surface area contributed by atoms with Gasteiger partial charge in [0.25, 0.3) is 5.56 Å². The summed E-state index contributed by atoms with van der Waals surface area (Å²) in [6.45, 7) is 4.80. The summed E-state index contributed by atoms with van der Waals surface area (Å²) in [7, 11) is 0. The van der Waals surface area contributed by atoms with Gasteiger partial charge in [-0.25, -0.2) is 9.79 Å². The van der Waals surface area contributed by atoms with Crippen LogP contribution in [0.3, 0.4) is 0 Å². The predicted octanol–water partition coefficient (Wildman–Crippen LogP) is 6.57. The molecule has 1 atom stereocenters. The Kier molecular flexibility index (Phi) is 9.47. The number of ether oxygens (including phenoxy) is 3. The van der Waals surface area contributed by atoms with Gasteiger partial charge >= 0.3 is 5.97 Å². The Bertz CT molecular complexity index is 2050. The van der Waals surface area contributed by atoms with Crippen LogP contribution in [-0.4, -0.2) is 23.8 Å². The fourth-order valence-electron chi connectivity index (χ4n) is 5.23. The molecule has 0 bridgehead atoms. The lowest BCUT2D eigenvalue weighted by Crippen LogP contribution is -2.40. The minimum Gasteiger partial charge on any atom is -0.494 e. The molecule has 0 unspecified atom stereocenters. The summed E-state index contributed by atoms with van der Waals surface area (Å²) in [5.74, 6) is 0.882. The molecule has 1 aliphatic rings. The van der Waals surface area contributed by atoms with Crippen molar-refractivity contribution in [2.75, 3.05) is 13.2 Å². The molecule has 4 aromatic carbocycles. The van der Waals surface area contributed by atoms with Gasteiger partial charge in [0.1, 0.15) is 18.1 Å². The average Bonchev–Trinajstić information content (AvgIpc) is 3.39. The minimum atomic E-state index is -0.757. The van der Waals surface area contributed by atoms with E-state index in [1.54, 1.807) is 11.5 Å². The molecule has 0 saturated carbocycles. The third kappa shape index (κ3) is 6.68. The van der Waals surface area contributed by atoms with Gasteiger partial charge in [0.05, 0.1) is 35.1 Å². The molecule has 1 aliphatic heterocycles. The molecule has 0 amide bonds. The summed E-state index contributed by atoms with van der Waals surface area (Å²) in [6.07, 6.45) is 1.83.